The number of benzene rings is 1. The average Bonchev–Trinajstić information content (AvgIpc) is 2.81. The Morgan fingerprint density at radius 2 is 2.39 bits per heavy atom. The molecule has 0 bridgehead atoms. The Hall–Kier alpha value is -1.46. The number of carbonyl (C=O) groups is 1. The lowest BCUT2D eigenvalue weighted by molar-refractivity contribution is -0.141. The van der Waals surface area contributed by atoms with Crippen LogP contribution in [0.3, 0.4) is 0 Å². The first-order valence-electron chi connectivity index (χ1n) is 5.85. The van der Waals surface area contributed by atoms with Crippen LogP contribution in [0.2, 0.25) is 0 Å². The van der Waals surface area contributed by atoms with E-state index in [1.54, 1.807) is 19.2 Å². The molecule has 98 valence electrons. The van der Waals surface area contributed by atoms with E-state index in [-0.39, 0.29) is 11.9 Å². The quantitative estimate of drug-likeness (QED) is 0.857. The standard InChI is InChI=1S/C13H16FNO3/c1-18-7-8-2-3-11(14)10(4-8)12-5-9(6-15-12)13(16)17/h2-4,9,12,15H,5-7H2,1H3,(H,16,17). The van der Waals surface area contributed by atoms with Gasteiger partial charge in [-0.25, -0.2) is 4.39 Å². The molecule has 0 amide bonds. The summed E-state index contributed by atoms with van der Waals surface area (Å²) in [7, 11) is 1.58. The second kappa shape index (κ2) is 5.46. The highest BCUT2D eigenvalue weighted by molar-refractivity contribution is 5.70. The molecule has 2 rings (SSSR count). The number of hydrogen-bond acceptors (Lipinski definition) is 3. The van der Waals surface area contributed by atoms with Crippen molar-refractivity contribution in [3.05, 3.63) is 35.1 Å². The second-order valence-electron chi connectivity index (χ2n) is 4.52. The van der Waals surface area contributed by atoms with Crippen LogP contribution in [0.1, 0.15) is 23.6 Å². The summed E-state index contributed by atoms with van der Waals surface area (Å²) in [6.45, 7) is 0.802. The van der Waals surface area contributed by atoms with Crippen molar-refractivity contribution in [1.29, 1.82) is 0 Å². The van der Waals surface area contributed by atoms with Gasteiger partial charge in [0.05, 0.1) is 12.5 Å². The van der Waals surface area contributed by atoms with Crippen LogP contribution in [0.4, 0.5) is 4.39 Å². The van der Waals surface area contributed by atoms with Crippen LogP contribution in [0, 0.1) is 11.7 Å². The average molecular weight is 253 g/mol. The lowest BCUT2D eigenvalue weighted by atomic mass is 9.98. The highest BCUT2D eigenvalue weighted by Crippen LogP contribution is 2.29. The van der Waals surface area contributed by atoms with Crippen molar-refractivity contribution in [2.45, 2.75) is 19.1 Å². The fourth-order valence-electron chi connectivity index (χ4n) is 2.28. The number of aliphatic carboxylic acids is 1. The number of carboxylic acid groups (broad SMARTS) is 1. The van der Waals surface area contributed by atoms with Crippen molar-refractivity contribution in [2.75, 3.05) is 13.7 Å². The summed E-state index contributed by atoms with van der Waals surface area (Å²) in [6, 6.07) is 4.58. The maximum Gasteiger partial charge on any atom is 0.307 e. The number of ether oxygens (including phenoxy) is 1. The monoisotopic (exact) mass is 253 g/mol. The van der Waals surface area contributed by atoms with E-state index >= 15 is 0 Å². The van der Waals surface area contributed by atoms with Crippen LogP contribution in [0.25, 0.3) is 0 Å². The molecule has 1 aromatic carbocycles. The van der Waals surface area contributed by atoms with E-state index < -0.39 is 11.9 Å². The van der Waals surface area contributed by atoms with Crippen LogP contribution >= 0.6 is 0 Å². The predicted octanol–water partition coefficient (Wildman–Crippen LogP) is 1.71. The number of carboxylic acids is 1. The fourth-order valence-corrected chi connectivity index (χ4v) is 2.28. The smallest absolute Gasteiger partial charge is 0.307 e. The first-order chi connectivity index (χ1) is 8.61. The highest BCUT2D eigenvalue weighted by atomic mass is 19.1. The van der Waals surface area contributed by atoms with Crippen molar-refractivity contribution in [3.63, 3.8) is 0 Å². The molecule has 0 saturated carbocycles. The Morgan fingerprint density at radius 3 is 3.00 bits per heavy atom. The predicted molar refractivity (Wildman–Crippen MR) is 63.6 cm³/mol. The van der Waals surface area contributed by atoms with E-state index in [2.05, 4.69) is 5.32 Å². The third-order valence-corrected chi connectivity index (χ3v) is 3.23. The summed E-state index contributed by atoms with van der Waals surface area (Å²) >= 11 is 0. The van der Waals surface area contributed by atoms with Crippen LogP contribution in [0.5, 0.6) is 0 Å². The Labute approximate surface area is 105 Å². The van der Waals surface area contributed by atoms with Gasteiger partial charge < -0.3 is 15.2 Å². The number of nitrogens with one attached hydrogen (secondary N) is 1. The van der Waals surface area contributed by atoms with E-state index in [9.17, 15) is 9.18 Å². The van der Waals surface area contributed by atoms with E-state index in [1.807, 2.05) is 0 Å². The Balaban J connectivity index is 2.18. The van der Waals surface area contributed by atoms with Gasteiger partial charge in [0.2, 0.25) is 0 Å². The normalized spacial score (nSPS) is 23.2. The van der Waals surface area contributed by atoms with E-state index in [0.29, 0.717) is 25.1 Å². The lowest BCUT2D eigenvalue weighted by Crippen LogP contribution is -2.17. The molecule has 2 N–H and O–H groups in total. The zero-order chi connectivity index (χ0) is 13.1. The molecule has 2 unspecified atom stereocenters. The van der Waals surface area contributed by atoms with Gasteiger partial charge in [0.1, 0.15) is 5.82 Å². The number of hydrogen-bond donors (Lipinski definition) is 2. The van der Waals surface area contributed by atoms with Gasteiger partial charge in [-0.15, -0.1) is 0 Å². The number of halogens is 1. The molecule has 1 fully saturated rings. The molecule has 18 heavy (non-hydrogen) atoms. The van der Waals surface area contributed by atoms with Gasteiger partial charge in [0.25, 0.3) is 0 Å². The second-order valence-corrected chi connectivity index (χ2v) is 4.52. The van der Waals surface area contributed by atoms with Gasteiger partial charge in [-0.1, -0.05) is 6.07 Å². The molecule has 1 aliphatic rings. The van der Waals surface area contributed by atoms with Gasteiger partial charge in [0.15, 0.2) is 0 Å². The van der Waals surface area contributed by atoms with Crippen molar-refractivity contribution in [2.24, 2.45) is 5.92 Å². The number of methoxy groups -OCH3 is 1. The Kier molecular flexibility index (Phi) is 3.93. The number of rotatable bonds is 4. The summed E-state index contributed by atoms with van der Waals surface area (Å²) in [4.78, 5) is 10.9. The largest absolute Gasteiger partial charge is 0.481 e. The van der Waals surface area contributed by atoms with Crippen LogP contribution in [0.15, 0.2) is 18.2 Å². The molecule has 1 aromatic rings. The zero-order valence-electron chi connectivity index (χ0n) is 10.1. The van der Waals surface area contributed by atoms with Crippen LogP contribution in [-0.2, 0) is 16.1 Å². The summed E-state index contributed by atoms with van der Waals surface area (Å²) in [6.07, 6.45) is 0.419. The van der Waals surface area contributed by atoms with Gasteiger partial charge >= 0.3 is 5.97 Å². The Bertz CT molecular complexity index is 450. The maximum absolute atomic E-state index is 13.8. The minimum Gasteiger partial charge on any atom is -0.481 e. The van der Waals surface area contributed by atoms with E-state index in [0.717, 1.165) is 5.56 Å². The SMILES string of the molecule is COCc1ccc(F)c(C2CC(C(=O)O)CN2)c1. The van der Waals surface area contributed by atoms with E-state index in [4.69, 9.17) is 9.84 Å². The molecule has 1 heterocycles. The molecule has 0 spiro atoms. The molecule has 4 nitrogen and oxygen atoms in total. The zero-order valence-corrected chi connectivity index (χ0v) is 10.1. The van der Waals surface area contributed by atoms with E-state index in [1.165, 1.54) is 6.07 Å². The van der Waals surface area contributed by atoms with Crippen molar-refractivity contribution >= 4 is 5.97 Å². The molecular weight excluding hydrogens is 237 g/mol. The van der Waals surface area contributed by atoms with Crippen molar-refractivity contribution < 1.29 is 19.0 Å². The molecular formula is C13H16FNO3. The maximum atomic E-state index is 13.8. The summed E-state index contributed by atoms with van der Waals surface area (Å²) in [5.41, 5.74) is 1.41. The van der Waals surface area contributed by atoms with Gasteiger partial charge in [-0.3, -0.25) is 4.79 Å². The first-order valence-corrected chi connectivity index (χ1v) is 5.85. The van der Waals surface area contributed by atoms with Crippen LogP contribution in [-0.4, -0.2) is 24.7 Å². The third-order valence-electron chi connectivity index (χ3n) is 3.23. The molecule has 0 radical (unpaired) electrons. The van der Waals surface area contributed by atoms with Gasteiger partial charge in [-0.05, 0) is 24.1 Å². The molecule has 0 aromatic heterocycles. The molecule has 1 aliphatic heterocycles. The molecule has 2 atom stereocenters. The molecule has 1 saturated heterocycles. The highest BCUT2D eigenvalue weighted by Gasteiger charge is 2.31. The summed E-state index contributed by atoms with van der Waals surface area (Å²) in [5.74, 6) is -1.59. The minimum absolute atomic E-state index is 0.233. The van der Waals surface area contributed by atoms with Gasteiger partial charge in [-0.2, -0.15) is 0 Å². The van der Waals surface area contributed by atoms with Crippen LogP contribution < -0.4 is 5.32 Å². The Morgan fingerprint density at radius 1 is 1.61 bits per heavy atom. The summed E-state index contributed by atoms with van der Waals surface area (Å²) in [5, 5.41) is 12.0. The van der Waals surface area contributed by atoms with Gasteiger partial charge in [0, 0.05) is 25.3 Å². The topological polar surface area (TPSA) is 58.6 Å². The minimum atomic E-state index is -0.835. The lowest BCUT2D eigenvalue weighted by Gasteiger charge is -2.13. The molecule has 0 aliphatic carbocycles. The summed E-state index contributed by atoms with van der Waals surface area (Å²) < 4.78 is 18.8. The van der Waals surface area contributed by atoms with Crippen molar-refractivity contribution in [3.8, 4) is 0 Å². The first kappa shape index (κ1) is 13.0. The third kappa shape index (κ3) is 2.68. The fraction of sp³-hybridized carbons (Fsp3) is 0.462. The molecule has 5 heteroatoms. The van der Waals surface area contributed by atoms with Crippen molar-refractivity contribution in [1.82, 2.24) is 5.32 Å².